The third-order valence-electron chi connectivity index (χ3n) is 5.92. The Morgan fingerprint density at radius 3 is 2.56 bits per heavy atom. The predicted molar refractivity (Wildman–Crippen MR) is 130 cm³/mol. The van der Waals surface area contributed by atoms with Crippen molar-refractivity contribution in [3.05, 3.63) is 88.7 Å². The van der Waals surface area contributed by atoms with Crippen LogP contribution in [-0.4, -0.2) is 28.6 Å². The molecule has 32 heavy (non-hydrogen) atoms. The lowest BCUT2D eigenvalue weighted by atomic mass is 10.1. The molecule has 1 saturated heterocycles. The Labute approximate surface area is 195 Å². The zero-order valence-electron chi connectivity index (χ0n) is 17.9. The van der Waals surface area contributed by atoms with Gasteiger partial charge in [-0.2, -0.15) is 0 Å². The summed E-state index contributed by atoms with van der Waals surface area (Å²) in [5.74, 6) is 1.98. The third-order valence-corrected chi connectivity index (χ3v) is 6.45. The normalized spacial score (nSPS) is 16.1. The number of hydrogen-bond donors (Lipinski definition) is 0. The van der Waals surface area contributed by atoms with Gasteiger partial charge < -0.3 is 14.2 Å². The van der Waals surface area contributed by atoms with Crippen molar-refractivity contribution in [3.8, 4) is 5.75 Å². The number of ether oxygens (including phenoxy) is 1. The molecule has 0 bridgehead atoms. The van der Waals surface area contributed by atoms with Crippen LogP contribution in [0.2, 0.25) is 0 Å². The number of halogens is 1. The van der Waals surface area contributed by atoms with Gasteiger partial charge in [0.2, 0.25) is 5.91 Å². The van der Waals surface area contributed by atoms with Crippen LogP contribution in [0.15, 0.2) is 77.3 Å². The molecule has 5 rings (SSSR count). The fourth-order valence-corrected chi connectivity index (χ4v) is 4.55. The number of benzene rings is 3. The van der Waals surface area contributed by atoms with Crippen molar-refractivity contribution in [2.75, 3.05) is 18.1 Å². The first-order valence-electron chi connectivity index (χ1n) is 10.8. The zero-order valence-corrected chi connectivity index (χ0v) is 19.5. The SMILES string of the molecule is Cc1ccc(OCCn2c([C@H]3CC(=O)N(c4ccc(Br)cc4)C3)nc3ccccc32)cc1. The van der Waals surface area contributed by atoms with Gasteiger partial charge in [0.15, 0.2) is 0 Å². The largest absolute Gasteiger partial charge is 0.492 e. The fraction of sp³-hybridized carbons (Fsp3) is 0.231. The van der Waals surface area contributed by atoms with E-state index in [0.29, 0.717) is 26.1 Å². The molecule has 2 heterocycles. The van der Waals surface area contributed by atoms with Gasteiger partial charge in [0, 0.05) is 29.0 Å². The van der Waals surface area contributed by atoms with E-state index in [-0.39, 0.29) is 11.8 Å². The van der Waals surface area contributed by atoms with Crippen molar-refractivity contribution in [1.82, 2.24) is 9.55 Å². The number of aromatic nitrogens is 2. The van der Waals surface area contributed by atoms with Gasteiger partial charge in [-0.05, 0) is 55.5 Å². The number of aryl methyl sites for hydroxylation is 1. The maximum atomic E-state index is 12.8. The molecule has 1 aromatic heterocycles. The number of amides is 1. The average Bonchev–Trinajstić information content (AvgIpc) is 3.36. The van der Waals surface area contributed by atoms with Gasteiger partial charge in [-0.1, -0.05) is 45.8 Å². The van der Waals surface area contributed by atoms with Gasteiger partial charge in [0.1, 0.15) is 18.2 Å². The molecule has 162 valence electrons. The Kier molecular flexibility index (Phi) is 5.70. The number of carbonyl (C=O) groups excluding carboxylic acids is 1. The van der Waals surface area contributed by atoms with Crippen LogP contribution >= 0.6 is 15.9 Å². The first-order valence-corrected chi connectivity index (χ1v) is 11.6. The second-order valence-electron chi connectivity index (χ2n) is 8.15. The van der Waals surface area contributed by atoms with Crippen molar-refractivity contribution in [2.24, 2.45) is 0 Å². The first-order chi connectivity index (χ1) is 15.6. The molecular formula is C26H24BrN3O2. The number of carbonyl (C=O) groups is 1. The van der Waals surface area contributed by atoms with E-state index in [1.165, 1.54) is 5.56 Å². The van der Waals surface area contributed by atoms with Crippen LogP contribution in [0.1, 0.15) is 23.7 Å². The Morgan fingerprint density at radius 2 is 1.78 bits per heavy atom. The Hall–Kier alpha value is -3.12. The molecule has 0 spiro atoms. The molecule has 0 unspecified atom stereocenters. The second kappa shape index (κ2) is 8.79. The minimum Gasteiger partial charge on any atom is -0.492 e. The van der Waals surface area contributed by atoms with Crippen LogP contribution in [0.4, 0.5) is 5.69 Å². The highest BCUT2D eigenvalue weighted by atomic mass is 79.9. The molecule has 0 N–H and O–H groups in total. The van der Waals surface area contributed by atoms with Crippen LogP contribution < -0.4 is 9.64 Å². The maximum absolute atomic E-state index is 12.8. The molecule has 3 aromatic carbocycles. The molecule has 0 radical (unpaired) electrons. The van der Waals surface area contributed by atoms with E-state index in [0.717, 1.165) is 32.8 Å². The average molecular weight is 490 g/mol. The summed E-state index contributed by atoms with van der Waals surface area (Å²) in [4.78, 5) is 19.6. The molecule has 6 heteroatoms. The summed E-state index contributed by atoms with van der Waals surface area (Å²) < 4.78 is 9.21. The number of anilines is 1. The summed E-state index contributed by atoms with van der Waals surface area (Å²) in [5.41, 5.74) is 4.16. The van der Waals surface area contributed by atoms with Crippen molar-refractivity contribution in [2.45, 2.75) is 25.8 Å². The van der Waals surface area contributed by atoms with E-state index in [1.807, 2.05) is 71.6 Å². The monoisotopic (exact) mass is 489 g/mol. The van der Waals surface area contributed by atoms with Gasteiger partial charge >= 0.3 is 0 Å². The lowest BCUT2D eigenvalue weighted by Crippen LogP contribution is -2.24. The predicted octanol–water partition coefficient (Wildman–Crippen LogP) is 5.71. The summed E-state index contributed by atoms with van der Waals surface area (Å²) in [5, 5.41) is 0. The summed E-state index contributed by atoms with van der Waals surface area (Å²) in [7, 11) is 0. The minimum atomic E-state index is 0.0397. The smallest absolute Gasteiger partial charge is 0.227 e. The minimum absolute atomic E-state index is 0.0397. The third kappa shape index (κ3) is 4.15. The molecular weight excluding hydrogens is 466 g/mol. The van der Waals surface area contributed by atoms with Gasteiger partial charge in [-0.15, -0.1) is 0 Å². The summed E-state index contributed by atoms with van der Waals surface area (Å²) in [6, 6.07) is 24.1. The number of hydrogen-bond acceptors (Lipinski definition) is 3. The molecule has 1 aliphatic rings. The Bertz CT molecular complexity index is 1250. The highest BCUT2D eigenvalue weighted by Crippen LogP contribution is 2.33. The molecule has 5 nitrogen and oxygen atoms in total. The fourth-order valence-electron chi connectivity index (χ4n) is 4.28. The molecule has 0 saturated carbocycles. The van der Waals surface area contributed by atoms with Crippen LogP contribution in [0, 0.1) is 6.92 Å². The zero-order chi connectivity index (χ0) is 22.1. The van der Waals surface area contributed by atoms with E-state index in [2.05, 4.69) is 33.5 Å². The van der Waals surface area contributed by atoms with Crippen molar-refractivity contribution in [3.63, 3.8) is 0 Å². The summed E-state index contributed by atoms with van der Waals surface area (Å²) in [6.07, 6.45) is 0.457. The number of rotatable bonds is 6. The van der Waals surface area contributed by atoms with Gasteiger partial charge in [0.05, 0.1) is 17.6 Å². The molecule has 1 fully saturated rings. The Morgan fingerprint density at radius 1 is 1.03 bits per heavy atom. The van der Waals surface area contributed by atoms with E-state index in [1.54, 1.807) is 0 Å². The van der Waals surface area contributed by atoms with E-state index < -0.39 is 0 Å². The highest BCUT2D eigenvalue weighted by Gasteiger charge is 2.34. The number of nitrogens with zero attached hydrogens (tertiary/aromatic N) is 3. The number of imidazole rings is 1. The molecule has 1 atom stereocenters. The van der Waals surface area contributed by atoms with E-state index >= 15 is 0 Å². The van der Waals surface area contributed by atoms with Gasteiger partial charge in [-0.25, -0.2) is 4.98 Å². The molecule has 4 aromatic rings. The van der Waals surface area contributed by atoms with Crippen LogP contribution in [0.25, 0.3) is 11.0 Å². The highest BCUT2D eigenvalue weighted by molar-refractivity contribution is 9.10. The van der Waals surface area contributed by atoms with E-state index in [9.17, 15) is 4.79 Å². The van der Waals surface area contributed by atoms with Gasteiger partial charge in [0.25, 0.3) is 0 Å². The lowest BCUT2D eigenvalue weighted by molar-refractivity contribution is -0.117. The summed E-state index contributed by atoms with van der Waals surface area (Å²) in [6.45, 7) is 3.90. The molecule has 1 amide bonds. The maximum Gasteiger partial charge on any atom is 0.227 e. The van der Waals surface area contributed by atoms with Gasteiger partial charge in [-0.3, -0.25) is 4.79 Å². The second-order valence-corrected chi connectivity index (χ2v) is 9.07. The number of fused-ring (bicyclic) bond motifs is 1. The molecule has 1 aliphatic heterocycles. The Balaban J connectivity index is 1.39. The quantitative estimate of drug-likeness (QED) is 0.348. The number of para-hydroxylation sites is 2. The topological polar surface area (TPSA) is 47.4 Å². The lowest BCUT2D eigenvalue weighted by Gasteiger charge is -2.17. The van der Waals surface area contributed by atoms with Crippen LogP contribution in [0.3, 0.4) is 0 Å². The van der Waals surface area contributed by atoms with Crippen molar-refractivity contribution in [1.29, 1.82) is 0 Å². The van der Waals surface area contributed by atoms with Crippen LogP contribution in [0.5, 0.6) is 5.75 Å². The summed E-state index contributed by atoms with van der Waals surface area (Å²) >= 11 is 3.46. The molecule has 0 aliphatic carbocycles. The van der Waals surface area contributed by atoms with Crippen molar-refractivity contribution >= 4 is 38.6 Å². The standard InChI is InChI=1S/C26H24BrN3O2/c1-18-6-12-22(13-7-18)32-15-14-29-24-5-3-2-4-23(24)28-26(29)19-16-25(31)30(17-19)21-10-8-20(27)9-11-21/h2-13,19H,14-17H2,1H3/t19-/m0/s1. The van der Waals surface area contributed by atoms with Crippen LogP contribution in [-0.2, 0) is 11.3 Å². The van der Waals surface area contributed by atoms with Crippen molar-refractivity contribution < 1.29 is 9.53 Å². The van der Waals surface area contributed by atoms with E-state index in [4.69, 9.17) is 9.72 Å². The first kappa shape index (κ1) is 20.8.